The van der Waals surface area contributed by atoms with E-state index in [-0.39, 0.29) is 24.5 Å². The number of fused-ring (bicyclic) bond motifs is 2. The standard InChI is InChI=1S/C24H20N4O5/c29-23(14-27-21-13-17(28(31)32)9-10-22(21)33-15-24(27)30)25-18-6-2-4-8-20(18)26-12-11-16-5-1-3-7-19(16)26/h1-10,13H,11-12,14-15H2,(H,25,29). The first-order valence-corrected chi connectivity index (χ1v) is 10.5. The molecular weight excluding hydrogens is 424 g/mol. The lowest BCUT2D eigenvalue weighted by molar-refractivity contribution is -0.384. The maximum atomic E-state index is 13.0. The number of nitro groups is 1. The van der Waals surface area contributed by atoms with E-state index in [4.69, 9.17) is 4.74 Å². The van der Waals surface area contributed by atoms with Gasteiger partial charge in [-0.3, -0.25) is 24.6 Å². The number of anilines is 4. The van der Waals surface area contributed by atoms with Crippen LogP contribution in [0.1, 0.15) is 5.56 Å². The van der Waals surface area contributed by atoms with Crippen molar-refractivity contribution in [2.24, 2.45) is 0 Å². The number of hydrogen-bond acceptors (Lipinski definition) is 6. The topological polar surface area (TPSA) is 105 Å². The number of ether oxygens (including phenoxy) is 1. The fourth-order valence-electron chi connectivity index (χ4n) is 4.21. The van der Waals surface area contributed by atoms with Crippen LogP contribution in [-0.4, -0.2) is 36.4 Å². The van der Waals surface area contributed by atoms with Gasteiger partial charge >= 0.3 is 0 Å². The van der Waals surface area contributed by atoms with E-state index in [1.165, 1.54) is 28.7 Å². The van der Waals surface area contributed by atoms with Gasteiger partial charge in [0.15, 0.2) is 6.61 Å². The van der Waals surface area contributed by atoms with Gasteiger partial charge in [0.05, 0.1) is 22.0 Å². The summed E-state index contributed by atoms with van der Waals surface area (Å²) >= 11 is 0. The molecule has 0 aliphatic carbocycles. The Balaban J connectivity index is 1.39. The maximum Gasteiger partial charge on any atom is 0.271 e. The van der Waals surface area contributed by atoms with Crippen molar-refractivity contribution in [3.8, 4) is 5.75 Å². The monoisotopic (exact) mass is 444 g/mol. The molecule has 0 spiro atoms. The lowest BCUT2D eigenvalue weighted by Crippen LogP contribution is -2.43. The molecule has 0 fully saturated rings. The van der Waals surface area contributed by atoms with Crippen molar-refractivity contribution >= 4 is 40.3 Å². The summed E-state index contributed by atoms with van der Waals surface area (Å²) in [5, 5.41) is 14.1. The molecule has 0 radical (unpaired) electrons. The van der Waals surface area contributed by atoms with E-state index < -0.39 is 16.7 Å². The molecule has 33 heavy (non-hydrogen) atoms. The van der Waals surface area contributed by atoms with Crippen LogP contribution in [0.25, 0.3) is 0 Å². The number of nitrogens with one attached hydrogen (secondary N) is 1. The molecule has 0 aromatic heterocycles. The second-order valence-electron chi connectivity index (χ2n) is 7.77. The fraction of sp³-hybridized carbons (Fsp3) is 0.167. The van der Waals surface area contributed by atoms with Crippen LogP contribution in [-0.2, 0) is 16.0 Å². The number of nitro benzene ring substituents is 1. The van der Waals surface area contributed by atoms with Crippen LogP contribution in [0.4, 0.5) is 28.4 Å². The molecule has 0 atom stereocenters. The van der Waals surface area contributed by atoms with Gasteiger partial charge in [-0.2, -0.15) is 0 Å². The molecule has 9 heteroatoms. The molecule has 2 heterocycles. The van der Waals surface area contributed by atoms with Crippen LogP contribution in [0.2, 0.25) is 0 Å². The Morgan fingerprint density at radius 3 is 2.61 bits per heavy atom. The molecule has 3 aromatic carbocycles. The Hall–Kier alpha value is -4.40. The number of hydrogen-bond donors (Lipinski definition) is 1. The van der Waals surface area contributed by atoms with E-state index in [2.05, 4.69) is 22.3 Å². The molecular formula is C24H20N4O5. The van der Waals surface area contributed by atoms with Gasteiger partial charge in [0.25, 0.3) is 11.6 Å². The van der Waals surface area contributed by atoms with Crippen molar-refractivity contribution in [1.82, 2.24) is 0 Å². The Bertz CT molecular complexity index is 1280. The van der Waals surface area contributed by atoms with Gasteiger partial charge in [0, 0.05) is 24.4 Å². The number of carbonyl (C=O) groups excluding carboxylic acids is 2. The third kappa shape index (κ3) is 3.84. The van der Waals surface area contributed by atoms with Crippen molar-refractivity contribution in [1.29, 1.82) is 0 Å². The largest absolute Gasteiger partial charge is 0.482 e. The highest BCUT2D eigenvalue weighted by Crippen LogP contribution is 2.38. The van der Waals surface area contributed by atoms with E-state index >= 15 is 0 Å². The molecule has 0 saturated carbocycles. The Kier molecular flexibility index (Phi) is 5.14. The van der Waals surface area contributed by atoms with Crippen LogP contribution in [0, 0.1) is 10.1 Å². The van der Waals surface area contributed by atoms with Crippen molar-refractivity contribution in [2.45, 2.75) is 6.42 Å². The summed E-state index contributed by atoms with van der Waals surface area (Å²) < 4.78 is 5.37. The van der Waals surface area contributed by atoms with Crippen LogP contribution in [0.5, 0.6) is 5.75 Å². The van der Waals surface area contributed by atoms with Crippen molar-refractivity contribution in [3.63, 3.8) is 0 Å². The van der Waals surface area contributed by atoms with Gasteiger partial charge < -0.3 is 15.0 Å². The zero-order chi connectivity index (χ0) is 22.9. The van der Waals surface area contributed by atoms with E-state index in [9.17, 15) is 19.7 Å². The van der Waals surface area contributed by atoms with Crippen LogP contribution >= 0.6 is 0 Å². The van der Waals surface area contributed by atoms with Crippen LogP contribution in [0.15, 0.2) is 66.7 Å². The zero-order valence-electron chi connectivity index (χ0n) is 17.6. The number of carbonyl (C=O) groups is 2. The first kappa shape index (κ1) is 20.5. The van der Waals surface area contributed by atoms with Crippen LogP contribution in [0.3, 0.4) is 0 Å². The summed E-state index contributed by atoms with van der Waals surface area (Å²) in [6.07, 6.45) is 0.913. The minimum Gasteiger partial charge on any atom is -0.482 e. The van der Waals surface area contributed by atoms with Crippen molar-refractivity contribution < 1.29 is 19.2 Å². The molecule has 0 unspecified atom stereocenters. The number of amides is 2. The zero-order valence-corrected chi connectivity index (χ0v) is 17.6. The average Bonchev–Trinajstić information content (AvgIpc) is 3.25. The van der Waals surface area contributed by atoms with Gasteiger partial charge in [-0.1, -0.05) is 30.3 Å². The highest BCUT2D eigenvalue weighted by molar-refractivity contribution is 6.06. The van der Waals surface area contributed by atoms with Crippen LogP contribution < -0.4 is 19.9 Å². The summed E-state index contributed by atoms with van der Waals surface area (Å²) in [5.74, 6) is -0.537. The normalized spacial score (nSPS) is 14.4. The molecule has 1 N–H and O–H groups in total. The van der Waals surface area contributed by atoms with E-state index in [0.29, 0.717) is 11.4 Å². The fourth-order valence-corrected chi connectivity index (χ4v) is 4.21. The summed E-state index contributed by atoms with van der Waals surface area (Å²) in [6.45, 7) is 0.270. The number of benzene rings is 3. The SMILES string of the molecule is O=C(CN1C(=O)COc2ccc([N+](=O)[O-])cc21)Nc1ccccc1N1CCc2ccccc21. The number of nitrogens with zero attached hydrogens (tertiary/aromatic N) is 3. The number of non-ortho nitro benzene ring substituents is 1. The van der Waals surface area contributed by atoms with Gasteiger partial charge in [0.2, 0.25) is 5.91 Å². The molecule has 2 aliphatic heterocycles. The smallest absolute Gasteiger partial charge is 0.271 e. The third-order valence-electron chi connectivity index (χ3n) is 5.75. The van der Waals surface area contributed by atoms with E-state index in [1.54, 1.807) is 0 Å². The minimum atomic E-state index is -0.554. The van der Waals surface area contributed by atoms with Crippen molar-refractivity contribution in [2.75, 3.05) is 34.8 Å². The quantitative estimate of drug-likeness (QED) is 0.476. The summed E-state index contributed by atoms with van der Waals surface area (Å²) in [6, 6.07) is 19.6. The Morgan fingerprint density at radius 2 is 1.79 bits per heavy atom. The summed E-state index contributed by atoms with van der Waals surface area (Å²) in [4.78, 5) is 39.4. The highest BCUT2D eigenvalue weighted by Gasteiger charge is 2.30. The molecule has 2 aliphatic rings. The second kappa shape index (κ2) is 8.27. The molecule has 2 amide bonds. The van der Waals surface area contributed by atoms with Gasteiger partial charge in [0.1, 0.15) is 12.3 Å². The van der Waals surface area contributed by atoms with E-state index in [1.807, 2.05) is 36.4 Å². The first-order valence-electron chi connectivity index (χ1n) is 10.5. The third-order valence-corrected chi connectivity index (χ3v) is 5.75. The molecule has 0 bridgehead atoms. The highest BCUT2D eigenvalue weighted by atomic mass is 16.6. The predicted octanol–water partition coefficient (Wildman–Crippen LogP) is 3.65. The molecule has 5 rings (SSSR count). The Morgan fingerprint density at radius 1 is 1.03 bits per heavy atom. The number of para-hydroxylation sites is 3. The van der Waals surface area contributed by atoms with E-state index in [0.717, 1.165) is 24.3 Å². The van der Waals surface area contributed by atoms with Crippen molar-refractivity contribution in [3.05, 3.63) is 82.4 Å². The molecule has 166 valence electrons. The minimum absolute atomic E-state index is 0.185. The molecule has 0 saturated heterocycles. The first-order chi connectivity index (χ1) is 16.0. The molecule has 9 nitrogen and oxygen atoms in total. The lowest BCUT2D eigenvalue weighted by Gasteiger charge is -2.29. The predicted molar refractivity (Wildman–Crippen MR) is 123 cm³/mol. The average molecular weight is 444 g/mol. The Labute approximate surface area is 189 Å². The van der Waals surface area contributed by atoms with Gasteiger partial charge in [-0.15, -0.1) is 0 Å². The lowest BCUT2D eigenvalue weighted by atomic mass is 10.1. The molecule has 3 aromatic rings. The summed E-state index contributed by atoms with van der Waals surface area (Å²) in [7, 11) is 0. The second-order valence-corrected chi connectivity index (χ2v) is 7.77. The van der Waals surface area contributed by atoms with Gasteiger partial charge in [-0.25, -0.2) is 0 Å². The number of rotatable bonds is 5. The summed E-state index contributed by atoms with van der Waals surface area (Å²) in [5.41, 5.74) is 3.85. The van der Waals surface area contributed by atoms with Gasteiger partial charge in [-0.05, 0) is 36.2 Å². The maximum absolute atomic E-state index is 13.0.